The van der Waals surface area contributed by atoms with Crippen LogP contribution in [0.5, 0.6) is 0 Å². The molecular formula is C17H29N3O. The van der Waals surface area contributed by atoms with Gasteiger partial charge >= 0.3 is 0 Å². The van der Waals surface area contributed by atoms with Crippen molar-refractivity contribution in [1.82, 2.24) is 15.1 Å². The minimum absolute atomic E-state index is 0.183. The molecule has 2 unspecified atom stereocenters. The zero-order chi connectivity index (χ0) is 15.2. The van der Waals surface area contributed by atoms with E-state index in [9.17, 15) is 4.79 Å². The number of carbonyl (C=O) groups excluding carboxylic acids is 1. The lowest BCUT2D eigenvalue weighted by Crippen LogP contribution is -2.51. The number of hydrogen-bond acceptors (Lipinski definition) is 3. The molecule has 0 saturated carbocycles. The molecule has 1 amide bonds. The Morgan fingerprint density at radius 2 is 1.76 bits per heavy atom. The van der Waals surface area contributed by atoms with Crippen molar-refractivity contribution < 1.29 is 4.79 Å². The van der Waals surface area contributed by atoms with E-state index in [1.807, 2.05) is 4.90 Å². The molecule has 2 aliphatic rings. The molecule has 2 bridgehead atoms. The number of amides is 1. The minimum Gasteiger partial charge on any atom is -0.334 e. The molecule has 4 nitrogen and oxygen atoms in total. The maximum Gasteiger partial charge on any atom is 0.237 e. The molecule has 2 saturated heterocycles. The van der Waals surface area contributed by atoms with Crippen LogP contribution in [-0.2, 0) is 4.79 Å². The Labute approximate surface area is 128 Å². The fourth-order valence-electron chi connectivity index (χ4n) is 3.69. The first-order valence-electron chi connectivity index (χ1n) is 8.17. The summed E-state index contributed by atoms with van der Waals surface area (Å²) in [6, 6.07) is 1.87. The van der Waals surface area contributed by atoms with E-state index >= 15 is 0 Å². The van der Waals surface area contributed by atoms with Gasteiger partial charge in [-0.15, -0.1) is 13.2 Å². The first-order chi connectivity index (χ1) is 10.2. The Balaban J connectivity index is 1.92. The molecule has 2 heterocycles. The minimum atomic E-state index is 0.183. The lowest BCUT2D eigenvalue weighted by Gasteiger charge is -2.37. The second kappa shape index (κ2) is 7.76. The van der Waals surface area contributed by atoms with Gasteiger partial charge in [0, 0.05) is 31.2 Å². The van der Waals surface area contributed by atoms with Gasteiger partial charge in [-0.3, -0.25) is 9.69 Å². The second-order valence-electron chi connectivity index (χ2n) is 6.20. The molecule has 0 spiro atoms. The van der Waals surface area contributed by atoms with Crippen LogP contribution in [0.25, 0.3) is 0 Å². The van der Waals surface area contributed by atoms with E-state index in [1.165, 1.54) is 25.7 Å². The summed E-state index contributed by atoms with van der Waals surface area (Å²) in [6.07, 6.45) is 8.52. The first kappa shape index (κ1) is 16.2. The smallest absolute Gasteiger partial charge is 0.237 e. The third kappa shape index (κ3) is 4.17. The van der Waals surface area contributed by atoms with Gasteiger partial charge in [0.1, 0.15) is 0 Å². The molecule has 0 radical (unpaired) electrons. The largest absolute Gasteiger partial charge is 0.334 e. The SMILES string of the molecule is C=CCN(CC=C)C(=O)CN(CC)C1CC2CCC(C1)N2. The molecule has 2 fully saturated rings. The monoisotopic (exact) mass is 291 g/mol. The van der Waals surface area contributed by atoms with Crippen molar-refractivity contribution in [1.29, 1.82) is 0 Å². The number of nitrogens with one attached hydrogen (secondary N) is 1. The highest BCUT2D eigenvalue weighted by molar-refractivity contribution is 5.78. The van der Waals surface area contributed by atoms with Crippen molar-refractivity contribution >= 4 is 5.91 Å². The van der Waals surface area contributed by atoms with Crippen molar-refractivity contribution in [2.45, 2.75) is 50.7 Å². The molecule has 0 aromatic heterocycles. The Hall–Kier alpha value is -1.13. The Bertz CT molecular complexity index is 360. The fourth-order valence-corrected chi connectivity index (χ4v) is 3.69. The van der Waals surface area contributed by atoms with Crippen LogP contribution in [0.3, 0.4) is 0 Å². The molecule has 0 aromatic carbocycles. The van der Waals surface area contributed by atoms with Gasteiger partial charge in [0.2, 0.25) is 5.91 Å². The highest BCUT2D eigenvalue weighted by Crippen LogP contribution is 2.29. The number of carbonyl (C=O) groups is 1. The standard InChI is InChI=1S/C17H29N3O/c1-4-9-20(10-5-2)17(21)13-19(6-3)16-11-14-7-8-15(12-16)18-14/h4-5,14-16,18H,1-2,6-13H2,3H3. The Morgan fingerprint density at radius 1 is 1.19 bits per heavy atom. The van der Waals surface area contributed by atoms with Gasteiger partial charge in [-0.2, -0.15) is 0 Å². The van der Waals surface area contributed by atoms with E-state index in [0.29, 0.717) is 37.8 Å². The van der Waals surface area contributed by atoms with Crippen LogP contribution in [0.2, 0.25) is 0 Å². The molecule has 0 aromatic rings. The van der Waals surface area contributed by atoms with E-state index in [2.05, 4.69) is 30.3 Å². The van der Waals surface area contributed by atoms with Gasteiger partial charge in [-0.1, -0.05) is 19.1 Å². The maximum absolute atomic E-state index is 12.5. The summed E-state index contributed by atoms with van der Waals surface area (Å²) in [5.41, 5.74) is 0. The van der Waals surface area contributed by atoms with Crippen LogP contribution in [0.4, 0.5) is 0 Å². The van der Waals surface area contributed by atoms with E-state index in [0.717, 1.165) is 6.54 Å². The molecule has 2 rings (SSSR count). The molecule has 2 aliphatic heterocycles. The van der Waals surface area contributed by atoms with Crippen LogP contribution in [0.15, 0.2) is 25.3 Å². The topological polar surface area (TPSA) is 35.6 Å². The summed E-state index contributed by atoms with van der Waals surface area (Å²) in [4.78, 5) is 16.7. The van der Waals surface area contributed by atoms with E-state index in [1.54, 1.807) is 12.2 Å². The second-order valence-corrected chi connectivity index (χ2v) is 6.20. The lowest BCUT2D eigenvalue weighted by molar-refractivity contribution is -0.132. The zero-order valence-electron chi connectivity index (χ0n) is 13.3. The Kier molecular flexibility index (Phi) is 6.00. The quantitative estimate of drug-likeness (QED) is 0.693. The number of fused-ring (bicyclic) bond motifs is 2. The number of nitrogens with zero attached hydrogens (tertiary/aromatic N) is 2. The molecule has 118 valence electrons. The zero-order valence-corrected chi connectivity index (χ0v) is 13.3. The maximum atomic E-state index is 12.5. The fraction of sp³-hybridized carbons (Fsp3) is 0.706. The third-order valence-electron chi connectivity index (χ3n) is 4.76. The normalized spacial score (nSPS) is 27.6. The number of hydrogen-bond donors (Lipinski definition) is 1. The Morgan fingerprint density at radius 3 is 2.24 bits per heavy atom. The summed E-state index contributed by atoms with van der Waals surface area (Å²) >= 11 is 0. The number of likely N-dealkylation sites (N-methyl/N-ethyl adjacent to an activating group) is 1. The van der Waals surface area contributed by atoms with Gasteiger partial charge in [-0.25, -0.2) is 0 Å². The molecule has 0 aliphatic carbocycles. The van der Waals surface area contributed by atoms with Gasteiger partial charge in [0.15, 0.2) is 0 Å². The third-order valence-corrected chi connectivity index (χ3v) is 4.76. The van der Waals surface area contributed by atoms with Crippen LogP contribution >= 0.6 is 0 Å². The highest BCUT2D eigenvalue weighted by atomic mass is 16.2. The van der Waals surface area contributed by atoms with Gasteiger partial charge < -0.3 is 10.2 Å². The average molecular weight is 291 g/mol. The molecule has 21 heavy (non-hydrogen) atoms. The van der Waals surface area contributed by atoms with Crippen molar-refractivity contribution in [2.24, 2.45) is 0 Å². The summed E-state index contributed by atoms with van der Waals surface area (Å²) in [5.74, 6) is 0.183. The number of rotatable bonds is 8. The van der Waals surface area contributed by atoms with Crippen LogP contribution in [0.1, 0.15) is 32.6 Å². The van der Waals surface area contributed by atoms with Gasteiger partial charge in [0.05, 0.1) is 6.54 Å². The summed E-state index contributed by atoms with van der Waals surface area (Å²) < 4.78 is 0. The summed E-state index contributed by atoms with van der Waals surface area (Å²) in [5, 5.41) is 3.67. The average Bonchev–Trinajstić information content (AvgIpc) is 2.82. The molecule has 4 heteroatoms. The van der Waals surface area contributed by atoms with Gasteiger partial charge in [0.25, 0.3) is 0 Å². The van der Waals surface area contributed by atoms with Crippen molar-refractivity contribution in [3.05, 3.63) is 25.3 Å². The first-order valence-corrected chi connectivity index (χ1v) is 8.17. The van der Waals surface area contributed by atoms with Crippen LogP contribution < -0.4 is 5.32 Å². The molecular weight excluding hydrogens is 262 g/mol. The molecule has 2 atom stereocenters. The summed E-state index contributed by atoms with van der Waals surface area (Å²) in [7, 11) is 0. The molecule has 1 N–H and O–H groups in total. The van der Waals surface area contributed by atoms with Crippen LogP contribution in [0, 0.1) is 0 Å². The van der Waals surface area contributed by atoms with Crippen molar-refractivity contribution in [2.75, 3.05) is 26.2 Å². The number of piperidine rings is 1. The van der Waals surface area contributed by atoms with E-state index < -0.39 is 0 Å². The lowest BCUT2D eigenvalue weighted by atomic mass is 9.98. The van der Waals surface area contributed by atoms with Crippen LogP contribution in [-0.4, -0.2) is 60.0 Å². The van der Waals surface area contributed by atoms with Crippen molar-refractivity contribution in [3.8, 4) is 0 Å². The van der Waals surface area contributed by atoms with Gasteiger partial charge in [-0.05, 0) is 32.2 Å². The van der Waals surface area contributed by atoms with E-state index in [4.69, 9.17) is 0 Å². The highest BCUT2D eigenvalue weighted by Gasteiger charge is 2.36. The van der Waals surface area contributed by atoms with Crippen molar-refractivity contribution in [3.63, 3.8) is 0 Å². The summed E-state index contributed by atoms with van der Waals surface area (Å²) in [6.45, 7) is 12.3. The van der Waals surface area contributed by atoms with E-state index in [-0.39, 0.29) is 5.91 Å². The predicted octanol–water partition coefficient (Wildman–Crippen LogP) is 1.79. The predicted molar refractivity (Wildman–Crippen MR) is 87.2 cm³/mol.